The van der Waals surface area contributed by atoms with Gasteiger partial charge >= 0.3 is 0 Å². The standard InChI is InChI=1S/C28H40ClN3O4S/c1-7-25(28(34)30-18-20(2)3)31(19-23-11-8-9-12-24(23)29)27(33)13-10-16-32(37(6,35)36)26-17-21(4)14-15-22(26)5/h8-9,11-12,14-15,17,20,25H,7,10,13,16,18-19H2,1-6H3,(H,30,34). The second kappa shape index (κ2) is 13.8. The van der Waals surface area contributed by atoms with E-state index in [1.165, 1.54) is 10.6 Å². The average molecular weight is 550 g/mol. The Labute approximate surface area is 227 Å². The molecule has 1 atom stereocenters. The largest absolute Gasteiger partial charge is 0.354 e. The molecular formula is C28H40ClN3O4S. The molecule has 2 amide bonds. The van der Waals surface area contributed by atoms with Crippen molar-refractivity contribution in [3.63, 3.8) is 0 Å². The number of anilines is 1. The number of amides is 2. The Kier molecular flexibility index (Phi) is 11.4. The molecule has 0 aliphatic rings. The summed E-state index contributed by atoms with van der Waals surface area (Å²) in [6, 6.07) is 12.3. The Morgan fingerprint density at radius 2 is 1.76 bits per heavy atom. The van der Waals surface area contributed by atoms with Crippen molar-refractivity contribution >= 4 is 39.1 Å². The molecule has 204 valence electrons. The number of nitrogens with one attached hydrogen (secondary N) is 1. The number of hydrogen-bond acceptors (Lipinski definition) is 4. The Balaban J connectivity index is 2.25. The fourth-order valence-corrected chi connectivity index (χ4v) is 5.33. The molecule has 0 saturated heterocycles. The van der Waals surface area contributed by atoms with Crippen molar-refractivity contribution in [1.82, 2.24) is 10.2 Å². The van der Waals surface area contributed by atoms with Crippen LogP contribution in [0.15, 0.2) is 42.5 Å². The van der Waals surface area contributed by atoms with Crippen molar-refractivity contribution in [1.29, 1.82) is 0 Å². The first-order chi connectivity index (χ1) is 17.3. The van der Waals surface area contributed by atoms with Gasteiger partial charge in [-0.25, -0.2) is 8.42 Å². The number of carbonyl (C=O) groups excluding carboxylic acids is 2. The molecule has 0 saturated carbocycles. The molecule has 0 fully saturated rings. The number of halogens is 1. The van der Waals surface area contributed by atoms with Crippen molar-refractivity contribution in [2.45, 2.75) is 66.5 Å². The summed E-state index contributed by atoms with van der Waals surface area (Å²) in [6.45, 7) is 10.5. The molecule has 2 rings (SSSR count). The third-order valence-corrected chi connectivity index (χ3v) is 7.70. The van der Waals surface area contributed by atoms with Gasteiger partial charge in [0.15, 0.2) is 0 Å². The van der Waals surface area contributed by atoms with Crippen molar-refractivity contribution in [2.24, 2.45) is 5.92 Å². The second-order valence-corrected chi connectivity index (χ2v) is 12.2. The first-order valence-corrected chi connectivity index (χ1v) is 14.9. The zero-order valence-corrected chi connectivity index (χ0v) is 24.3. The molecule has 1 N–H and O–H groups in total. The van der Waals surface area contributed by atoms with Crippen LogP contribution in [0.25, 0.3) is 0 Å². The predicted octanol–water partition coefficient (Wildman–Crippen LogP) is 5.08. The van der Waals surface area contributed by atoms with Gasteiger partial charge in [0, 0.05) is 31.1 Å². The van der Waals surface area contributed by atoms with E-state index < -0.39 is 16.1 Å². The third kappa shape index (κ3) is 9.04. The molecule has 0 aromatic heterocycles. The van der Waals surface area contributed by atoms with Crippen molar-refractivity contribution in [2.75, 3.05) is 23.7 Å². The van der Waals surface area contributed by atoms with Gasteiger partial charge in [0.05, 0.1) is 11.9 Å². The monoisotopic (exact) mass is 549 g/mol. The highest BCUT2D eigenvalue weighted by Crippen LogP contribution is 2.25. The van der Waals surface area contributed by atoms with Crippen LogP contribution in [0.1, 0.15) is 56.7 Å². The van der Waals surface area contributed by atoms with Crippen LogP contribution in [0.2, 0.25) is 5.02 Å². The number of nitrogens with zero attached hydrogens (tertiary/aromatic N) is 2. The minimum Gasteiger partial charge on any atom is -0.354 e. The first kappa shape index (κ1) is 30.6. The van der Waals surface area contributed by atoms with E-state index in [0.717, 1.165) is 16.7 Å². The molecule has 0 heterocycles. The summed E-state index contributed by atoms with van der Waals surface area (Å²) in [5, 5.41) is 3.47. The number of rotatable bonds is 13. The van der Waals surface area contributed by atoms with E-state index in [1.807, 2.05) is 71.0 Å². The highest BCUT2D eigenvalue weighted by molar-refractivity contribution is 7.92. The van der Waals surface area contributed by atoms with Gasteiger partial charge in [0.2, 0.25) is 21.8 Å². The molecule has 9 heteroatoms. The molecule has 2 aromatic carbocycles. The van der Waals surface area contributed by atoms with Crippen LogP contribution in [0.5, 0.6) is 0 Å². The lowest BCUT2D eigenvalue weighted by molar-refractivity contribution is -0.141. The van der Waals surface area contributed by atoms with Gasteiger partial charge in [-0.05, 0) is 61.4 Å². The third-order valence-electron chi connectivity index (χ3n) is 6.15. The fraction of sp³-hybridized carbons (Fsp3) is 0.500. The summed E-state index contributed by atoms with van der Waals surface area (Å²) >= 11 is 6.38. The normalized spacial score (nSPS) is 12.3. The van der Waals surface area contributed by atoms with E-state index in [1.54, 1.807) is 11.0 Å². The highest BCUT2D eigenvalue weighted by atomic mass is 35.5. The molecule has 37 heavy (non-hydrogen) atoms. The maximum atomic E-state index is 13.5. The molecular weight excluding hydrogens is 510 g/mol. The van der Waals surface area contributed by atoms with Gasteiger partial charge in [0.1, 0.15) is 6.04 Å². The summed E-state index contributed by atoms with van der Waals surface area (Å²) < 4.78 is 26.6. The van der Waals surface area contributed by atoms with Crippen LogP contribution >= 0.6 is 11.6 Å². The number of aryl methyl sites for hydroxylation is 2. The van der Waals surface area contributed by atoms with E-state index in [-0.39, 0.29) is 37.2 Å². The molecule has 0 aliphatic carbocycles. The first-order valence-electron chi connectivity index (χ1n) is 12.7. The number of hydrogen-bond donors (Lipinski definition) is 1. The van der Waals surface area contributed by atoms with E-state index in [2.05, 4.69) is 5.32 Å². The van der Waals surface area contributed by atoms with Crippen LogP contribution in [-0.4, -0.2) is 50.5 Å². The van der Waals surface area contributed by atoms with E-state index in [4.69, 9.17) is 11.6 Å². The zero-order chi connectivity index (χ0) is 27.8. The highest BCUT2D eigenvalue weighted by Gasteiger charge is 2.29. The van der Waals surface area contributed by atoms with Gasteiger partial charge in [-0.1, -0.05) is 62.7 Å². The van der Waals surface area contributed by atoms with Crippen molar-refractivity contribution in [3.05, 3.63) is 64.2 Å². The lowest BCUT2D eigenvalue weighted by Crippen LogP contribution is -2.49. The number of sulfonamides is 1. The van der Waals surface area contributed by atoms with Gasteiger partial charge in [0.25, 0.3) is 0 Å². The van der Waals surface area contributed by atoms with E-state index in [0.29, 0.717) is 30.1 Å². The zero-order valence-electron chi connectivity index (χ0n) is 22.8. The molecule has 0 bridgehead atoms. The molecule has 0 radical (unpaired) electrons. The smallest absolute Gasteiger partial charge is 0.242 e. The van der Waals surface area contributed by atoms with Crippen molar-refractivity contribution in [3.8, 4) is 0 Å². The fourth-order valence-electron chi connectivity index (χ4n) is 4.12. The van der Waals surface area contributed by atoms with E-state index >= 15 is 0 Å². The average Bonchev–Trinajstić information content (AvgIpc) is 2.82. The Morgan fingerprint density at radius 3 is 2.35 bits per heavy atom. The maximum absolute atomic E-state index is 13.5. The van der Waals surface area contributed by atoms with Gasteiger partial charge in [-0.15, -0.1) is 0 Å². The molecule has 7 nitrogen and oxygen atoms in total. The second-order valence-electron chi connectivity index (χ2n) is 9.90. The van der Waals surface area contributed by atoms with Gasteiger partial charge < -0.3 is 10.2 Å². The summed E-state index contributed by atoms with van der Waals surface area (Å²) in [5.41, 5.74) is 3.16. The van der Waals surface area contributed by atoms with Crippen molar-refractivity contribution < 1.29 is 18.0 Å². The van der Waals surface area contributed by atoms with Crippen LogP contribution in [0.4, 0.5) is 5.69 Å². The summed E-state index contributed by atoms with van der Waals surface area (Å²) in [4.78, 5) is 28.1. The summed E-state index contributed by atoms with van der Waals surface area (Å²) in [5.74, 6) is -0.146. The minimum absolute atomic E-state index is 0.0926. The predicted molar refractivity (Wildman–Crippen MR) is 151 cm³/mol. The Bertz CT molecular complexity index is 1180. The number of benzene rings is 2. The van der Waals surface area contributed by atoms with Crippen LogP contribution in [-0.2, 0) is 26.2 Å². The van der Waals surface area contributed by atoms with Crippen LogP contribution in [0, 0.1) is 19.8 Å². The van der Waals surface area contributed by atoms with Gasteiger partial charge in [-0.3, -0.25) is 13.9 Å². The molecule has 0 spiro atoms. The van der Waals surface area contributed by atoms with Crippen LogP contribution < -0.4 is 9.62 Å². The topological polar surface area (TPSA) is 86.8 Å². The quantitative estimate of drug-likeness (QED) is 0.377. The SMILES string of the molecule is CCC(C(=O)NCC(C)C)N(Cc1ccccc1Cl)C(=O)CCCN(c1cc(C)ccc1C)S(C)(=O)=O. The van der Waals surface area contributed by atoms with Crippen LogP contribution in [0.3, 0.4) is 0 Å². The lowest BCUT2D eigenvalue weighted by Gasteiger charge is -2.31. The summed E-state index contributed by atoms with van der Waals surface area (Å²) in [7, 11) is -3.55. The maximum Gasteiger partial charge on any atom is 0.242 e. The Hall–Kier alpha value is -2.58. The summed E-state index contributed by atoms with van der Waals surface area (Å²) in [6.07, 6.45) is 2.02. The molecule has 0 aliphatic heterocycles. The minimum atomic E-state index is -3.55. The molecule has 1 unspecified atom stereocenters. The lowest BCUT2D eigenvalue weighted by atomic mass is 10.1. The number of carbonyl (C=O) groups is 2. The van der Waals surface area contributed by atoms with Gasteiger partial charge in [-0.2, -0.15) is 0 Å². The Morgan fingerprint density at radius 1 is 1.08 bits per heavy atom. The van der Waals surface area contributed by atoms with E-state index in [9.17, 15) is 18.0 Å². The molecule has 2 aromatic rings.